The highest BCUT2D eigenvalue weighted by molar-refractivity contribution is 8.00. The first-order valence-electron chi connectivity index (χ1n) is 12.7. The number of hydrogen-bond acceptors (Lipinski definition) is 4. The molecule has 0 radical (unpaired) electrons. The Bertz CT molecular complexity index is 1460. The molecule has 4 aromatic carbocycles. The monoisotopic (exact) mass is 591 g/mol. The molecule has 0 heterocycles. The molecule has 1 unspecified atom stereocenters. The Labute approximate surface area is 238 Å². The van der Waals surface area contributed by atoms with Crippen LogP contribution in [0.5, 0.6) is 11.5 Å². The fourth-order valence-electron chi connectivity index (χ4n) is 4.39. The van der Waals surface area contributed by atoms with Gasteiger partial charge in [-0.2, -0.15) is 26.3 Å². The number of aliphatic hydroxyl groups is 1. The van der Waals surface area contributed by atoms with Crippen LogP contribution in [0.25, 0.3) is 0 Å². The van der Waals surface area contributed by atoms with Gasteiger partial charge in [0.2, 0.25) is 0 Å². The Morgan fingerprint density at radius 2 is 1.46 bits per heavy atom. The lowest BCUT2D eigenvalue weighted by molar-refractivity contribution is -0.139. The Morgan fingerprint density at radius 1 is 0.805 bits per heavy atom. The van der Waals surface area contributed by atoms with Crippen molar-refractivity contribution in [3.63, 3.8) is 0 Å². The molecule has 0 saturated heterocycles. The van der Waals surface area contributed by atoms with Gasteiger partial charge in [-0.05, 0) is 71.3 Å². The van der Waals surface area contributed by atoms with Gasteiger partial charge in [-0.3, -0.25) is 0 Å². The predicted octanol–water partition coefficient (Wildman–Crippen LogP) is 9.41. The second kappa shape index (κ2) is 12.9. The first-order chi connectivity index (χ1) is 19.4. The number of hydrogen-bond donors (Lipinski definition) is 1. The molecule has 216 valence electrons. The van der Waals surface area contributed by atoms with Crippen molar-refractivity contribution in [1.82, 2.24) is 0 Å². The Hall–Kier alpha value is -3.63. The maximum Gasteiger partial charge on any atom is 0.446 e. The van der Waals surface area contributed by atoms with E-state index in [0.29, 0.717) is 22.7 Å². The molecule has 1 N–H and O–H groups in total. The Kier molecular flexibility index (Phi) is 9.55. The van der Waals surface area contributed by atoms with Gasteiger partial charge in [0.25, 0.3) is 0 Å². The van der Waals surface area contributed by atoms with Crippen LogP contribution < -0.4 is 9.64 Å². The summed E-state index contributed by atoms with van der Waals surface area (Å²) in [6.07, 6.45) is -5.49. The molecular formula is C31H27F6NO2S. The van der Waals surface area contributed by atoms with Crippen LogP contribution in [0.1, 0.15) is 35.3 Å². The normalized spacial score (nSPS) is 12.7. The minimum absolute atomic E-state index is 0.0426. The van der Waals surface area contributed by atoms with Crippen LogP contribution in [0.2, 0.25) is 0 Å². The summed E-state index contributed by atoms with van der Waals surface area (Å²) in [5, 5.41) is 11.0. The van der Waals surface area contributed by atoms with Crippen molar-refractivity contribution in [2.45, 2.75) is 42.6 Å². The molecule has 0 aliphatic rings. The van der Waals surface area contributed by atoms with Crippen molar-refractivity contribution in [1.29, 1.82) is 0 Å². The van der Waals surface area contributed by atoms with Crippen LogP contribution in [0.4, 0.5) is 32.0 Å². The van der Waals surface area contributed by atoms with Gasteiger partial charge in [-0.1, -0.05) is 61.5 Å². The average Bonchev–Trinajstić information content (AvgIpc) is 2.92. The van der Waals surface area contributed by atoms with Crippen LogP contribution in [0.15, 0.2) is 102 Å². The SMILES string of the molecule is CCc1cccc(Oc2cccc(N(Cc3ccccc3SC(F)(F)F)CC(O)c3ccccc3C(F)(F)F)c2)c1. The van der Waals surface area contributed by atoms with E-state index in [1.54, 1.807) is 41.3 Å². The summed E-state index contributed by atoms with van der Waals surface area (Å²) >= 11 is -0.269. The van der Waals surface area contributed by atoms with Crippen LogP contribution >= 0.6 is 11.8 Å². The van der Waals surface area contributed by atoms with Gasteiger partial charge in [0, 0.05) is 29.7 Å². The molecule has 0 amide bonds. The molecule has 0 bridgehead atoms. The van der Waals surface area contributed by atoms with Gasteiger partial charge in [0.05, 0.1) is 11.7 Å². The molecule has 10 heteroatoms. The van der Waals surface area contributed by atoms with Gasteiger partial charge in [-0.15, -0.1) is 0 Å². The molecule has 1 atom stereocenters. The third kappa shape index (κ3) is 8.43. The number of rotatable bonds is 10. The molecule has 0 aliphatic heterocycles. The number of anilines is 1. The zero-order valence-corrected chi connectivity index (χ0v) is 22.7. The highest BCUT2D eigenvalue weighted by atomic mass is 32.2. The number of alkyl halides is 6. The van der Waals surface area contributed by atoms with Crippen molar-refractivity contribution in [3.05, 3.63) is 119 Å². The molecule has 0 spiro atoms. The quantitative estimate of drug-likeness (QED) is 0.147. The lowest BCUT2D eigenvalue weighted by atomic mass is 10.0. The second-order valence-corrected chi connectivity index (χ2v) is 10.3. The zero-order valence-electron chi connectivity index (χ0n) is 21.9. The third-order valence-electron chi connectivity index (χ3n) is 6.30. The van der Waals surface area contributed by atoms with Crippen LogP contribution in [-0.2, 0) is 19.1 Å². The molecule has 41 heavy (non-hydrogen) atoms. The van der Waals surface area contributed by atoms with E-state index in [1.165, 1.54) is 36.4 Å². The average molecular weight is 592 g/mol. The van der Waals surface area contributed by atoms with E-state index in [2.05, 4.69) is 0 Å². The van der Waals surface area contributed by atoms with Crippen LogP contribution in [-0.4, -0.2) is 17.2 Å². The minimum Gasteiger partial charge on any atom is -0.457 e. The van der Waals surface area contributed by atoms with E-state index in [-0.39, 0.29) is 35.3 Å². The molecule has 0 aromatic heterocycles. The Morgan fingerprint density at radius 3 is 2.17 bits per heavy atom. The van der Waals surface area contributed by atoms with E-state index in [9.17, 15) is 31.4 Å². The van der Waals surface area contributed by atoms with E-state index < -0.39 is 23.4 Å². The molecule has 0 aliphatic carbocycles. The molecule has 3 nitrogen and oxygen atoms in total. The van der Waals surface area contributed by atoms with Crippen molar-refractivity contribution in [2.75, 3.05) is 11.4 Å². The summed E-state index contributed by atoms with van der Waals surface area (Å²) in [6.45, 7) is 1.57. The number of thioether (sulfide) groups is 1. The molecular weight excluding hydrogens is 564 g/mol. The smallest absolute Gasteiger partial charge is 0.446 e. The number of benzene rings is 4. The lowest BCUT2D eigenvalue weighted by Crippen LogP contribution is -2.29. The standard InChI is InChI=1S/C31H27F6NO2S/c1-2-21-9-7-12-24(17-21)40-25-13-8-11-23(18-25)38(19-22-10-3-6-16-29(22)41-31(35,36)37)20-28(39)26-14-4-5-15-27(26)30(32,33)34/h3-18,28,39H,2,19-20H2,1H3. The van der Waals surface area contributed by atoms with E-state index in [4.69, 9.17) is 4.74 Å². The fourth-order valence-corrected chi connectivity index (χ4v) is 5.05. The van der Waals surface area contributed by atoms with E-state index >= 15 is 0 Å². The number of nitrogens with zero attached hydrogens (tertiary/aromatic N) is 1. The maximum absolute atomic E-state index is 13.7. The fraction of sp³-hybridized carbons (Fsp3) is 0.226. The number of aliphatic hydroxyl groups excluding tert-OH is 1. The summed E-state index contributed by atoms with van der Waals surface area (Å²) in [7, 11) is 0. The summed E-state index contributed by atoms with van der Waals surface area (Å²) in [5.41, 5.74) is -4.03. The number of ether oxygens (including phenoxy) is 1. The summed E-state index contributed by atoms with van der Waals surface area (Å²) in [6, 6.07) is 24.8. The van der Waals surface area contributed by atoms with Crippen molar-refractivity contribution in [2.24, 2.45) is 0 Å². The molecule has 0 saturated carbocycles. The molecule has 4 rings (SSSR count). The lowest BCUT2D eigenvalue weighted by Gasteiger charge is -2.29. The highest BCUT2D eigenvalue weighted by Crippen LogP contribution is 2.40. The Balaban J connectivity index is 1.70. The van der Waals surface area contributed by atoms with Gasteiger partial charge in [0.1, 0.15) is 11.5 Å². The largest absolute Gasteiger partial charge is 0.457 e. The zero-order chi connectivity index (χ0) is 29.6. The summed E-state index contributed by atoms with van der Waals surface area (Å²) in [5.74, 6) is 1.00. The summed E-state index contributed by atoms with van der Waals surface area (Å²) in [4.78, 5) is 1.50. The number of aryl methyl sites for hydroxylation is 1. The van der Waals surface area contributed by atoms with Crippen molar-refractivity contribution >= 4 is 17.4 Å². The maximum atomic E-state index is 13.7. The van der Waals surface area contributed by atoms with Gasteiger partial charge in [0.15, 0.2) is 0 Å². The topological polar surface area (TPSA) is 32.7 Å². The highest BCUT2D eigenvalue weighted by Gasteiger charge is 2.35. The van der Waals surface area contributed by atoms with Crippen molar-refractivity contribution in [3.8, 4) is 11.5 Å². The first-order valence-corrected chi connectivity index (χ1v) is 13.5. The van der Waals surface area contributed by atoms with E-state index in [0.717, 1.165) is 18.1 Å². The van der Waals surface area contributed by atoms with Crippen LogP contribution in [0.3, 0.4) is 0 Å². The van der Waals surface area contributed by atoms with E-state index in [1.807, 2.05) is 25.1 Å². The number of halogens is 6. The van der Waals surface area contributed by atoms with Crippen LogP contribution in [0, 0.1) is 0 Å². The predicted molar refractivity (Wildman–Crippen MR) is 148 cm³/mol. The first kappa shape index (κ1) is 30.3. The van der Waals surface area contributed by atoms with Gasteiger partial charge < -0.3 is 14.7 Å². The third-order valence-corrected chi connectivity index (χ3v) is 7.15. The van der Waals surface area contributed by atoms with Crippen molar-refractivity contribution < 1.29 is 36.2 Å². The van der Waals surface area contributed by atoms with Gasteiger partial charge in [-0.25, -0.2) is 0 Å². The minimum atomic E-state index is -4.70. The summed E-state index contributed by atoms with van der Waals surface area (Å²) < 4.78 is 86.9. The second-order valence-electron chi connectivity index (χ2n) is 9.24. The van der Waals surface area contributed by atoms with Gasteiger partial charge >= 0.3 is 11.7 Å². The molecule has 0 fully saturated rings. The molecule has 4 aromatic rings.